The van der Waals surface area contributed by atoms with Gasteiger partial charge in [0.1, 0.15) is 24.7 Å². The number of cyclic esters (lactones) is 1. The Morgan fingerprint density at radius 2 is 1.67 bits per heavy atom. The molecule has 27 heavy (non-hydrogen) atoms. The summed E-state index contributed by atoms with van der Waals surface area (Å²) < 4.78 is 26.9. The predicted molar refractivity (Wildman–Crippen MR) is 97.6 cm³/mol. The van der Waals surface area contributed by atoms with Crippen molar-refractivity contribution in [1.82, 2.24) is 0 Å². The molecule has 0 fully saturated rings. The standard InChI is InChI=1S/C20H17NO6/c1-23-14-9-13(10-15(11-14)24-2)19-21-16(20(22)27-19)7-12-3-4-17-18(8-12)26-6-5-25-17/h3-4,7-11H,5-6H2,1-2H3/b16-7+. The highest BCUT2D eigenvalue weighted by Crippen LogP contribution is 2.32. The van der Waals surface area contributed by atoms with Crippen LogP contribution in [-0.4, -0.2) is 39.3 Å². The molecule has 0 saturated heterocycles. The SMILES string of the molecule is COc1cc(OC)cc(C2=N/C(=C/c3ccc4c(c3)OCCO4)C(=O)O2)c1. The molecule has 0 unspecified atom stereocenters. The van der Waals surface area contributed by atoms with E-state index in [0.717, 1.165) is 5.56 Å². The molecule has 2 aliphatic rings. The molecule has 7 nitrogen and oxygen atoms in total. The van der Waals surface area contributed by atoms with Crippen molar-refractivity contribution in [2.24, 2.45) is 4.99 Å². The highest BCUT2D eigenvalue weighted by molar-refractivity contribution is 6.13. The number of esters is 1. The van der Waals surface area contributed by atoms with Crippen LogP contribution in [0.3, 0.4) is 0 Å². The van der Waals surface area contributed by atoms with E-state index in [1.54, 1.807) is 50.6 Å². The van der Waals surface area contributed by atoms with Gasteiger partial charge in [-0.25, -0.2) is 9.79 Å². The molecule has 2 heterocycles. The molecule has 0 bridgehead atoms. The first-order chi connectivity index (χ1) is 13.2. The maximum atomic E-state index is 12.2. The van der Waals surface area contributed by atoms with E-state index in [9.17, 15) is 4.79 Å². The molecule has 138 valence electrons. The second kappa shape index (κ2) is 7.03. The zero-order chi connectivity index (χ0) is 18.8. The van der Waals surface area contributed by atoms with Gasteiger partial charge in [-0.2, -0.15) is 0 Å². The first-order valence-corrected chi connectivity index (χ1v) is 8.32. The topological polar surface area (TPSA) is 75.6 Å². The predicted octanol–water partition coefficient (Wildman–Crippen LogP) is 2.82. The quantitative estimate of drug-likeness (QED) is 0.611. The number of carbonyl (C=O) groups excluding carboxylic acids is 1. The third kappa shape index (κ3) is 3.44. The second-order valence-electron chi connectivity index (χ2n) is 5.84. The summed E-state index contributed by atoms with van der Waals surface area (Å²) in [7, 11) is 3.10. The van der Waals surface area contributed by atoms with Crippen molar-refractivity contribution in [3.05, 3.63) is 53.2 Å². The third-order valence-electron chi connectivity index (χ3n) is 4.09. The van der Waals surface area contributed by atoms with Crippen LogP contribution in [0, 0.1) is 0 Å². The van der Waals surface area contributed by atoms with E-state index in [2.05, 4.69) is 4.99 Å². The molecule has 0 saturated carbocycles. The molecular weight excluding hydrogens is 350 g/mol. The van der Waals surface area contributed by atoms with Gasteiger partial charge in [-0.05, 0) is 35.9 Å². The zero-order valence-corrected chi connectivity index (χ0v) is 14.9. The van der Waals surface area contributed by atoms with Crippen LogP contribution in [0.25, 0.3) is 6.08 Å². The minimum Gasteiger partial charge on any atom is -0.497 e. The van der Waals surface area contributed by atoms with Gasteiger partial charge in [0.25, 0.3) is 0 Å². The molecule has 0 atom stereocenters. The lowest BCUT2D eigenvalue weighted by molar-refractivity contribution is -0.129. The maximum absolute atomic E-state index is 12.2. The minimum atomic E-state index is -0.526. The second-order valence-corrected chi connectivity index (χ2v) is 5.84. The number of benzene rings is 2. The number of fused-ring (bicyclic) bond motifs is 1. The van der Waals surface area contributed by atoms with Crippen LogP contribution in [0.15, 0.2) is 47.1 Å². The summed E-state index contributed by atoms with van der Waals surface area (Å²) >= 11 is 0. The fourth-order valence-electron chi connectivity index (χ4n) is 2.77. The lowest BCUT2D eigenvalue weighted by Gasteiger charge is -2.18. The fourth-order valence-corrected chi connectivity index (χ4v) is 2.77. The Morgan fingerprint density at radius 1 is 0.963 bits per heavy atom. The Kier molecular flexibility index (Phi) is 4.42. The Hall–Kier alpha value is -3.48. The van der Waals surface area contributed by atoms with Gasteiger partial charge in [-0.15, -0.1) is 0 Å². The monoisotopic (exact) mass is 367 g/mol. The van der Waals surface area contributed by atoms with Gasteiger partial charge >= 0.3 is 5.97 Å². The van der Waals surface area contributed by atoms with Gasteiger partial charge in [0.2, 0.25) is 5.90 Å². The lowest BCUT2D eigenvalue weighted by atomic mass is 10.1. The Bertz CT molecular complexity index is 941. The van der Waals surface area contributed by atoms with Gasteiger partial charge < -0.3 is 23.7 Å². The fraction of sp³-hybridized carbons (Fsp3) is 0.200. The number of nitrogens with zero attached hydrogens (tertiary/aromatic N) is 1. The summed E-state index contributed by atoms with van der Waals surface area (Å²) in [6, 6.07) is 10.6. The number of rotatable bonds is 4. The summed E-state index contributed by atoms with van der Waals surface area (Å²) in [6.07, 6.45) is 1.64. The molecule has 0 spiro atoms. The zero-order valence-electron chi connectivity index (χ0n) is 14.9. The molecule has 4 rings (SSSR count). The van der Waals surface area contributed by atoms with Crippen molar-refractivity contribution >= 4 is 17.9 Å². The lowest BCUT2D eigenvalue weighted by Crippen LogP contribution is -2.15. The van der Waals surface area contributed by atoms with Gasteiger partial charge in [0.05, 0.1) is 14.2 Å². The van der Waals surface area contributed by atoms with E-state index in [-0.39, 0.29) is 11.6 Å². The highest BCUT2D eigenvalue weighted by Gasteiger charge is 2.25. The summed E-state index contributed by atoms with van der Waals surface area (Å²) in [6.45, 7) is 1.02. The van der Waals surface area contributed by atoms with Crippen molar-refractivity contribution in [2.75, 3.05) is 27.4 Å². The van der Waals surface area contributed by atoms with Crippen molar-refractivity contribution in [3.8, 4) is 23.0 Å². The molecule has 2 aromatic carbocycles. The van der Waals surface area contributed by atoms with Gasteiger partial charge in [0.15, 0.2) is 17.2 Å². The Balaban J connectivity index is 1.66. The van der Waals surface area contributed by atoms with Crippen molar-refractivity contribution < 1.29 is 28.5 Å². The van der Waals surface area contributed by atoms with Crippen LogP contribution < -0.4 is 18.9 Å². The number of carbonyl (C=O) groups is 1. The normalized spacial score (nSPS) is 16.7. The number of hydrogen-bond donors (Lipinski definition) is 0. The van der Waals surface area contributed by atoms with Crippen LogP contribution in [0.1, 0.15) is 11.1 Å². The van der Waals surface area contributed by atoms with E-state index in [1.165, 1.54) is 0 Å². The molecule has 0 radical (unpaired) electrons. The summed E-state index contributed by atoms with van der Waals surface area (Å²) in [4.78, 5) is 16.6. The van der Waals surface area contributed by atoms with Gasteiger partial charge in [0, 0.05) is 11.6 Å². The van der Waals surface area contributed by atoms with Gasteiger partial charge in [-0.1, -0.05) is 6.07 Å². The number of aliphatic imine (C=N–C) groups is 1. The Morgan fingerprint density at radius 3 is 2.37 bits per heavy atom. The summed E-state index contributed by atoms with van der Waals surface area (Å²) in [5.41, 5.74) is 1.55. The number of ether oxygens (including phenoxy) is 5. The van der Waals surface area contributed by atoms with Gasteiger partial charge in [-0.3, -0.25) is 0 Å². The molecule has 7 heteroatoms. The number of hydrogen-bond acceptors (Lipinski definition) is 7. The molecule has 0 amide bonds. The van der Waals surface area contributed by atoms with Crippen molar-refractivity contribution in [1.29, 1.82) is 0 Å². The molecular formula is C20H17NO6. The smallest absolute Gasteiger partial charge is 0.363 e. The molecule has 0 aromatic heterocycles. The van der Waals surface area contributed by atoms with Crippen LogP contribution in [0.2, 0.25) is 0 Å². The average Bonchev–Trinajstić information content (AvgIpc) is 3.07. The molecule has 2 aliphatic heterocycles. The van der Waals surface area contributed by atoms with Crippen LogP contribution >= 0.6 is 0 Å². The van der Waals surface area contributed by atoms with E-state index < -0.39 is 5.97 Å². The minimum absolute atomic E-state index is 0.195. The van der Waals surface area contributed by atoms with Crippen LogP contribution in [0.5, 0.6) is 23.0 Å². The third-order valence-corrected chi connectivity index (χ3v) is 4.09. The van der Waals surface area contributed by atoms with Crippen LogP contribution in [-0.2, 0) is 9.53 Å². The maximum Gasteiger partial charge on any atom is 0.363 e. The Labute approximate surface area is 155 Å². The van der Waals surface area contributed by atoms with Crippen molar-refractivity contribution in [3.63, 3.8) is 0 Å². The van der Waals surface area contributed by atoms with Crippen molar-refractivity contribution in [2.45, 2.75) is 0 Å². The average molecular weight is 367 g/mol. The van der Waals surface area contributed by atoms with E-state index in [0.29, 0.717) is 41.8 Å². The van der Waals surface area contributed by atoms with Crippen LogP contribution in [0.4, 0.5) is 0 Å². The molecule has 0 aliphatic carbocycles. The van der Waals surface area contributed by atoms with E-state index in [1.807, 2.05) is 6.07 Å². The summed E-state index contributed by atoms with van der Waals surface area (Å²) in [5, 5.41) is 0. The highest BCUT2D eigenvalue weighted by atomic mass is 16.6. The summed E-state index contributed by atoms with van der Waals surface area (Å²) in [5.74, 6) is 2.15. The molecule has 2 aromatic rings. The largest absolute Gasteiger partial charge is 0.497 e. The number of methoxy groups -OCH3 is 2. The van der Waals surface area contributed by atoms with E-state index >= 15 is 0 Å². The van der Waals surface area contributed by atoms with E-state index in [4.69, 9.17) is 23.7 Å². The first-order valence-electron chi connectivity index (χ1n) is 8.32. The molecule has 0 N–H and O–H groups in total. The first kappa shape index (κ1) is 17.0.